The van der Waals surface area contributed by atoms with E-state index in [9.17, 15) is 45.3 Å². The first kappa shape index (κ1) is 87.7. The van der Waals surface area contributed by atoms with Crippen LogP contribution in [0.2, 0.25) is 0 Å². The van der Waals surface area contributed by atoms with E-state index in [0.717, 1.165) is 50.1 Å². The molecule has 1 unspecified atom stereocenters. The van der Waals surface area contributed by atoms with Gasteiger partial charge < -0.3 is 90.4 Å². The molecule has 16 atom stereocenters. The van der Waals surface area contributed by atoms with Crippen LogP contribution in [-0.2, 0) is 0 Å². The Balaban J connectivity index is 0.608. The van der Waals surface area contributed by atoms with E-state index in [-0.39, 0.29) is 98.8 Å². The predicted octanol–water partition coefficient (Wildman–Crippen LogP) is 8.44. The van der Waals surface area contributed by atoms with E-state index in [2.05, 4.69) is 105 Å². The molecule has 0 spiro atoms. The van der Waals surface area contributed by atoms with Crippen molar-refractivity contribution in [2.45, 2.75) is 97.0 Å². The van der Waals surface area contributed by atoms with Crippen LogP contribution < -0.4 is 30.2 Å². The minimum Gasteiger partial charge on any atom is -0.497 e. The molecule has 0 saturated carbocycles. The third-order valence-electron chi connectivity index (χ3n) is 25.1. The molecule has 6 heterocycles. The van der Waals surface area contributed by atoms with Gasteiger partial charge in [0.2, 0.25) is 0 Å². The van der Waals surface area contributed by atoms with Crippen molar-refractivity contribution >= 4 is 29.1 Å². The second-order valence-corrected chi connectivity index (χ2v) is 34.2. The smallest absolute Gasteiger partial charge is 0.321 e. The Bertz CT molecular complexity index is 5430. The van der Waals surface area contributed by atoms with E-state index in [1.165, 1.54) is 6.07 Å². The van der Waals surface area contributed by atoms with E-state index in [0.29, 0.717) is 90.3 Å². The van der Waals surface area contributed by atoms with Crippen molar-refractivity contribution < 1.29 is 63.9 Å². The molecular formula is C99H111FN12O12. The number of amides is 4. The van der Waals surface area contributed by atoms with Crippen molar-refractivity contribution in [1.29, 1.82) is 0 Å². The second-order valence-electron chi connectivity index (χ2n) is 34.2. The minimum absolute atomic E-state index is 0.0209. The largest absolute Gasteiger partial charge is 0.497 e. The number of nitrogens with zero attached hydrogens (tertiary/aromatic N) is 9. The highest BCUT2D eigenvalue weighted by Crippen LogP contribution is 2.47. The quantitative estimate of drug-likeness (QED) is 0.0269. The molecule has 6 fully saturated rings. The number of benzene rings is 9. The molecule has 0 bridgehead atoms. The van der Waals surface area contributed by atoms with Crippen molar-refractivity contribution in [1.82, 2.24) is 44.1 Å². The van der Waals surface area contributed by atoms with E-state index >= 15 is 4.39 Å². The van der Waals surface area contributed by atoms with E-state index in [4.69, 9.17) is 14.2 Å². The molecule has 0 radical (unpaired) electrons. The maximum Gasteiger partial charge on any atom is 0.321 e. The number of anilines is 3. The summed E-state index contributed by atoms with van der Waals surface area (Å²) in [7, 11) is 16.8. The second kappa shape index (κ2) is 38.9. The summed E-state index contributed by atoms with van der Waals surface area (Å²) in [5.41, 5.74) is 11.7. The number of hydrogen-bond donors (Lipinski definition) is 10. The van der Waals surface area contributed by atoms with E-state index in [1.807, 2.05) is 164 Å². The Morgan fingerprint density at radius 1 is 0.403 bits per heavy atom. The number of ether oxygens (including phenoxy) is 3. The zero-order valence-corrected chi connectivity index (χ0v) is 71.4. The van der Waals surface area contributed by atoms with Crippen molar-refractivity contribution in [2.24, 2.45) is 0 Å². The monoisotopic (exact) mass is 1680 g/mol. The Kier molecular flexibility index (Phi) is 27.5. The van der Waals surface area contributed by atoms with Crippen LogP contribution >= 0.6 is 0 Å². The van der Waals surface area contributed by atoms with Gasteiger partial charge in [0.15, 0.2) is 6.35 Å². The highest BCUT2D eigenvalue weighted by molar-refractivity contribution is 5.91. The van der Waals surface area contributed by atoms with Gasteiger partial charge in [-0.25, -0.2) is 14.0 Å². The van der Waals surface area contributed by atoms with Crippen LogP contribution in [0.3, 0.4) is 0 Å². The lowest BCUT2D eigenvalue weighted by molar-refractivity contribution is -0.133. The number of nitrogens with one attached hydrogen (secondary N) is 3. The third kappa shape index (κ3) is 19.9. The molecule has 9 aromatic rings. The van der Waals surface area contributed by atoms with Gasteiger partial charge in [-0.2, -0.15) is 0 Å². The van der Waals surface area contributed by atoms with Crippen LogP contribution in [0.15, 0.2) is 206 Å². The van der Waals surface area contributed by atoms with Gasteiger partial charge in [-0.1, -0.05) is 108 Å². The van der Waals surface area contributed by atoms with Crippen LogP contribution in [0, 0.1) is 41.3 Å². The number of aliphatic hydroxyl groups is 7. The zero-order chi connectivity index (χ0) is 87.1. The van der Waals surface area contributed by atoms with Crippen molar-refractivity contribution in [2.75, 3.05) is 158 Å². The number of likely N-dealkylation sites (N-methyl/N-ethyl adjacent to an activating group) is 3. The molecule has 15 rings (SSSR count). The topological polar surface area (TPSA) is 269 Å². The van der Waals surface area contributed by atoms with Crippen LogP contribution in [0.25, 0.3) is 22.3 Å². The molecule has 124 heavy (non-hydrogen) atoms. The van der Waals surface area contributed by atoms with Gasteiger partial charge in [-0.05, 0) is 204 Å². The first-order valence-corrected chi connectivity index (χ1v) is 42.3. The summed E-state index contributed by atoms with van der Waals surface area (Å²) in [6.07, 6.45) is -8.14. The summed E-state index contributed by atoms with van der Waals surface area (Å²) in [5.74, 6) is 20.7. The normalized spacial score (nSPS) is 24.9. The highest BCUT2D eigenvalue weighted by atomic mass is 19.1. The van der Waals surface area contributed by atoms with Crippen molar-refractivity contribution in [3.63, 3.8) is 0 Å². The molecule has 4 amide bonds. The van der Waals surface area contributed by atoms with Crippen LogP contribution in [0.4, 0.5) is 31.0 Å². The number of β-amino-alcohol motifs (C(OH)–C–C–N with tert-alkyl or cyclic N) is 3. The number of halogens is 1. The van der Waals surface area contributed by atoms with Gasteiger partial charge in [-0.3, -0.25) is 19.6 Å². The molecule has 6 saturated heterocycles. The van der Waals surface area contributed by atoms with Crippen molar-refractivity contribution in [3.8, 4) is 75.0 Å². The number of methoxy groups -OCH3 is 3. The maximum atomic E-state index is 16.0. The first-order chi connectivity index (χ1) is 59.8. The number of urea groups is 2. The summed E-state index contributed by atoms with van der Waals surface area (Å²) in [6, 6.07) is 63.1. The molecule has 10 N–H and O–H groups in total. The lowest BCUT2D eigenvalue weighted by Gasteiger charge is -2.59. The predicted molar refractivity (Wildman–Crippen MR) is 479 cm³/mol. The van der Waals surface area contributed by atoms with Crippen LogP contribution in [-0.4, -0.2) is 313 Å². The maximum absolute atomic E-state index is 16.0. The third-order valence-corrected chi connectivity index (χ3v) is 25.1. The first-order valence-electron chi connectivity index (χ1n) is 42.3. The van der Waals surface area contributed by atoms with Gasteiger partial charge >= 0.3 is 12.1 Å². The molecular weight excluding hydrogens is 1570 g/mol. The molecule has 6 aliphatic heterocycles. The Morgan fingerprint density at radius 3 is 1.27 bits per heavy atom. The average molecular weight is 1680 g/mol. The highest BCUT2D eigenvalue weighted by Gasteiger charge is 2.55. The molecule has 646 valence electrons. The summed E-state index contributed by atoms with van der Waals surface area (Å²) in [4.78, 5) is 46.4. The standard InChI is InChI=1S/C99H111FN12O12/c1-104(2)50-80-94(67-29-22-63(23-30-67)19-18-62-14-11-10-12-15-62)84-54-108(57-87(114)90(117)60-111(80)84)98(120)102-74-39-44-92(123-8)77(48-74)70-17-13-16-66(46-70)21-20-64-24-31-68(32-25-64)95-81(51-105(3)4)112-61-91(118)88(115)58-109(55-85(95)112)99(121)103-75-40-45-93(124-9)78(49-75)71-36-43-79(100)72(47-71)35-28-65-26-33-69(34-27-65)96-82(52-106(5)6)110-59-89(116)86(113)56-107(53-83(96)110)97(119)101-73-37-41-76(122-7)42-38-73/h10-17,22-27,29-34,36-49,80-91,94-96,99,103,113-118,121H,50-61H2,1-9H3,(H,101,119)(H,102,120)/t80-,81-,82-,83+,84+,85+,86-,87-,88+,89+,90+,91-,94+,95+,96+,99?/m1/s1. The fourth-order valence-electron chi connectivity index (χ4n) is 18.8. The molecule has 0 aromatic heterocycles. The molecule has 24 nitrogen and oxygen atoms in total. The lowest BCUT2D eigenvalue weighted by Crippen LogP contribution is -2.72. The van der Waals surface area contributed by atoms with Gasteiger partial charge in [0.05, 0.1) is 76.6 Å². The van der Waals surface area contributed by atoms with Gasteiger partial charge in [0, 0.05) is 175 Å². The Hall–Kier alpha value is -11.2. The molecule has 6 aliphatic rings. The average Bonchev–Trinajstić information content (AvgIpc) is 0.743. The zero-order valence-electron chi connectivity index (χ0n) is 71.4. The fraction of sp³-hybridized carbons (Fsp3) is 0.374. The molecule has 9 aromatic carbocycles. The Morgan fingerprint density at radius 2 is 0.798 bits per heavy atom. The van der Waals surface area contributed by atoms with Gasteiger partial charge in [0.25, 0.3) is 0 Å². The van der Waals surface area contributed by atoms with Crippen LogP contribution in [0.5, 0.6) is 17.2 Å². The molecule has 0 aliphatic carbocycles. The van der Waals surface area contributed by atoms with Gasteiger partial charge in [0.1, 0.15) is 23.1 Å². The van der Waals surface area contributed by atoms with Gasteiger partial charge in [-0.15, -0.1) is 0 Å². The fourth-order valence-corrected chi connectivity index (χ4v) is 18.8. The van der Waals surface area contributed by atoms with E-state index < -0.39 is 60.9 Å². The number of carbonyl (C=O) groups excluding carboxylic acids is 2. The minimum atomic E-state index is -1.34. The van der Waals surface area contributed by atoms with Crippen molar-refractivity contribution in [3.05, 3.63) is 262 Å². The Labute approximate surface area is 725 Å². The summed E-state index contributed by atoms with van der Waals surface area (Å²) < 4.78 is 33.0. The number of fused-ring (bicyclic) bond motifs is 3. The SMILES string of the molecule is COc1ccc(NC(=O)N2C[C@@H](O)[C@@H](O)CN3[C@H](CN(C)C)[C@H](c4ccc(C#Cc5cc(-c6cc(NC(O)N7C[C@H](O)[C@H](O)CN8[C@H](CN(C)C)[C@H](c9ccc(C#Cc%10cccc(-c%11cc(NC(=O)N%12C[C@@H](O)[C@@H](O)CN%13[C@H](CN(C)C)[C@H](c%14ccc(C#Cc%15ccccc%15)cc%14)[C@@H]%13C%12)ccc%11OC)c%10)cc9)[C@@H]8C7)ccc6OC)ccc5F)cc4)[C@@H]3C2)cc1. The number of aliphatic hydroxyl groups excluding tert-OH is 7. The summed E-state index contributed by atoms with van der Waals surface area (Å²) in [6.45, 7) is 3.55. The molecule has 25 heteroatoms. The summed E-state index contributed by atoms with van der Waals surface area (Å²) >= 11 is 0. The van der Waals surface area contributed by atoms with E-state index in [1.54, 1.807) is 90.6 Å². The number of rotatable bonds is 19. The van der Waals surface area contributed by atoms with Crippen LogP contribution in [0.1, 0.15) is 67.8 Å². The number of carbonyl (C=O) groups is 2. The number of hydrogen-bond acceptors (Lipinski definition) is 20. The summed E-state index contributed by atoms with van der Waals surface area (Å²) in [5, 5.41) is 89.9. The lowest BCUT2D eigenvalue weighted by atomic mass is 9.73.